The molecule has 1 aromatic rings. The lowest BCUT2D eigenvalue weighted by atomic mass is 9.99. The Bertz CT molecular complexity index is 315. The monoisotopic (exact) mass is 289 g/mol. The normalized spacial score (nSPS) is 23.2. The Kier molecular flexibility index (Phi) is 4.20. The molecule has 1 fully saturated rings. The van der Waals surface area contributed by atoms with Crippen molar-refractivity contribution in [2.24, 2.45) is 5.92 Å². The van der Waals surface area contributed by atoms with Crippen LogP contribution in [0.25, 0.3) is 0 Å². The predicted molar refractivity (Wildman–Crippen MR) is 67.1 cm³/mol. The Labute approximate surface area is 103 Å². The fraction of sp³-hybridized carbons (Fsp3) is 0.636. The second-order valence-corrected chi connectivity index (χ2v) is 6.07. The molecule has 2 rings (SSSR count). The van der Waals surface area contributed by atoms with Crippen LogP contribution in [0.4, 0.5) is 0 Å². The number of thiophene rings is 1. The van der Waals surface area contributed by atoms with E-state index in [1.54, 1.807) is 11.3 Å². The van der Waals surface area contributed by atoms with Gasteiger partial charge in [-0.3, -0.25) is 4.90 Å². The van der Waals surface area contributed by atoms with E-state index in [1.807, 2.05) is 0 Å². The minimum Gasteiger partial charge on any atom is -0.396 e. The second kappa shape index (κ2) is 5.43. The van der Waals surface area contributed by atoms with Gasteiger partial charge < -0.3 is 5.11 Å². The van der Waals surface area contributed by atoms with Gasteiger partial charge in [-0.1, -0.05) is 0 Å². The van der Waals surface area contributed by atoms with Crippen molar-refractivity contribution in [3.8, 4) is 0 Å². The zero-order valence-electron chi connectivity index (χ0n) is 8.66. The summed E-state index contributed by atoms with van der Waals surface area (Å²) in [4.78, 5) is 3.85. The van der Waals surface area contributed by atoms with Gasteiger partial charge >= 0.3 is 0 Å². The summed E-state index contributed by atoms with van der Waals surface area (Å²) in [5.74, 6) is 0.488. The number of piperidine rings is 1. The number of likely N-dealkylation sites (tertiary alicyclic amines) is 1. The molecule has 0 saturated carbocycles. The summed E-state index contributed by atoms with van der Waals surface area (Å²) in [6, 6.07) is 2.19. The highest BCUT2D eigenvalue weighted by molar-refractivity contribution is 9.10. The number of aliphatic hydroxyl groups is 1. The van der Waals surface area contributed by atoms with Gasteiger partial charge in [0.1, 0.15) is 0 Å². The van der Waals surface area contributed by atoms with E-state index in [2.05, 4.69) is 32.3 Å². The molecule has 1 aliphatic rings. The van der Waals surface area contributed by atoms with Crippen molar-refractivity contribution in [2.45, 2.75) is 19.4 Å². The van der Waals surface area contributed by atoms with Crippen molar-refractivity contribution in [1.82, 2.24) is 4.90 Å². The van der Waals surface area contributed by atoms with E-state index in [9.17, 15) is 0 Å². The molecule has 15 heavy (non-hydrogen) atoms. The summed E-state index contributed by atoms with van der Waals surface area (Å²) in [5.41, 5.74) is 0. The van der Waals surface area contributed by atoms with Crippen LogP contribution in [0.1, 0.15) is 17.7 Å². The highest BCUT2D eigenvalue weighted by Crippen LogP contribution is 2.23. The zero-order valence-corrected chi connectivity index (χ0v) is 11.1. The van der Waals surface area contributed by atoms with Crippen molar-refractivity contribution in [2.75, 3.05) is 19.7 Å². The first-order valence-corrected chi connectivity index (χ1v) is 7.01. The van der Waals surface area contributed by atoms with E-state index in [0.29, 0.717) is 12.5 Å². The summed E-state index contributed by atoms with van der Waals surface area (Å²) < 4.78 is 1.18. The van der Waals surface area contributed by atoms with Gasteiger partial charge in [-0.2, -0.15) is 0 Å². The maximum absolute atomic E-state index is 9.15. The summed E-state index contributed by atoms with van der Waals surface area (Å²) in [6.07, 6.45) is 2.40. The summed E-state index contributed by atoms with van der Waals surface area (Å²) in [7, 11) is 0. The Morgan fingerprint density at radius 3 is 3.13 bits per heavy atom. The molecule has 0 amide bonds. The first-order valence-electron chi connectivity index (χ1n) is 5.34. The Balaban J connectivity index is 1.88. The summed E-state index contributed by atoms with van der Waals surface area (Å²) in [5, 5.41) is 11.3. The third-order valence-electron chi connectivity index (χ3n) is 2.86. The van der Waals surface area contributed by atoms with E-state index >= 15 is 0 Å². The molecule has 84 valence electrons. The van der Waals surface area contributed by atoms with Crippen LogP contribution in [-0.4, -0.2) is 29.7 Å². The molecule has 1 aromatic heterocycles. The molecule has 2 heterocycles. The van der Waals surface area contributed by atoms with E-state index in [1.165, 1.54) is 28.7 Å². The van der Waals surface area contributed by atoms with Crippen molar-refractivity contribution in [3.63, 3.8) is 0 Å². The van der Waals surface area contributed by atoms with Crippen LogP contribution in [0.3, 0.4) is 0 Å². The lowest BCUT2D eigenvalue weighted by Gasteiger charge is -2.31. The molecule has 0 unspecified atom stereocenters. The molecule has 1 saturated heterocycles. The fourth-order valence-electron chi connectivity index (χ4n) is 2.10. The van der Waals surface area contributed by atoms with Crippen molar-refractivity contribution >= 4 is 27.3 Å². The fourth-order valence-corrected chi connectivity index (χ4v) is 3.59. The third-order valence-corrected chi connectivity index (χ3v) is 4.54. The molecular formula is C11H16BrNOS. The predicted octanol–water partition coefficient (Wildman–Crippen LogP) is 2.71. The Hall–Kier alpha value is 0.1000. The van der Waals surface area contributed by atoms with Crippen LogP contribution in [0.2, 0.25) is 0 Å². The van der Waals surface area contributed by atoms with Gasteiger partial charge in [-0.15, -0.1) is 11.3 Å². The SMILES string of the molecule is OC[C@H]1CCCN(Cc2cc(Br)cs2)C1. The van der Waals surface area contributed by atoms with Crippen LogP contribution in [0.5, 0.6) is 0 Å². The Morgan fingerprint density at radius 2 is 2.47 bits per heavy atom. The summed E-state index contributed by atoms with van der Waals surface area (Å²) >= 11 is 5.28. The largest absolute Gasteiger partial charge is 0.396 e. The van der Waals surface area contributed by atoms with Crippen LogP contribution >= 0.6 is 27.3 Å². The molecule has 4 heteroatoms. The Morgan fingerprint density at radius 1 is 1.60 bits per heavy atom. The van der Waals surface area contributed by atoms with Crippen molar-refractivity contribution in [1.29, 1.82) is 0 Å². The average molecular weight is 290 g/mol. The van der Waals surface area contributed by atoms with Crippen LogP contribution < -0.4 is 0 Å². The molecule has 0 radical (unpaired) electrons. The topological polar surface area (TPSA) is 23.5 Å². The number of aliphatic hydroxyl groups excluding tert-OH is 1. The molecule has 1 aliphatic heterocycles. The lowest BCUT2D eigenvalue weighted by Crippen LogP contribution is -2.36. The lowest BCUT2D eigenvalue weighted by molar-refractivity contribution is 0.116. The van der Waals surface area contributed by atoms with E-state index in [0.717, 1.165) is 13.1 Å². The van der Waals surface area contributed by atoms with Gasteiger partial charge in [-0.25, -0.2) is 0 Å². The maximum Gasteiger partial charge on any atom is 0.0471 e. The van der Waals surface area contributed by atoms with Crippen molar-refractivity contribution < 1.29 is 5.11 Å². The standard InChI is InChI=1S/C11H16BrNOS/c12-10-4-11(15-8-10)6-13-3-1-2-9(5-13)7-14/h4,8-9,14H,1-3,5-7H2/t9-/m0/s1. The van der Waals surface area contributed by atoms with Crippen LogP contribution in [-0.2, 0) is 6.54 Å². The van der Waals surface area contributed by atoms with Crippen LogP contribution in [0, 0.1) is 5.92 Å². The number of rotatable bonds is 3. The zero-order chi connectivity index (χ0) is 10.7. The highest BCUT2D eigenvalue weighted by atomic mass is 79.9. The average Bonchev–Trinajstić information content (AvgIpc) is 2.64. The molecular weight excluding hydrogens is 274 g/mol. The second-order valence-electron chi connectivity index (χ2n) is 4.16. The van der Waals surface area contributed by atoms with Gasteiger partial charge in [-0.05, 0) is 47.3 Å². The molecule has 2 nitrogen and oxygen atoms in total. The van der Waals surface area contributed by atoms with Crippen LogP contribution in [0.15, 0.2) is 15.9 Å². The molecule has 0 bridgehead atoms. The smallest absolute Gasteiger partial charge is 0.0471 e. The molecule has 1 N–H and O–H groups in total. The van der Waals surface area contributed by atoms with Crippen molar-refractivity contribution in [3.05, 3.63) is 20.8 Å². The summed E-state index contributed by atoms with van der Waals surface area (Å²) in [6.45, 7) is 3.59. The minimum absolute atomic E-state index is 0.338. The first-order chi connectivity index (χ1) is 7.28. The number of halogens is 1. The van der Waals surface area contributed by atoms with Gasteiger partial charge in [0.15, 0.2) is 0 Å². The molecule has 1 atom stereocenters. The first kappa shape index (κ1) is 11.6. The van der Waals surface area contributed by atoms with Gasteiger partial charge in [0, 0.05) is 34.4 Å². The van der Waals surface area contributed by atoms with E-state index < -0.39 is 0 Å². The van der Waals surface area contributed by atoms with E-state index in [4.69, 9.17) is 5.11 Å². The molecule has 0 aliphatic carbocycles. The third kappa shape index (κ3) is 3.28. The maximum atomic E-state index is 9.15. The van der Waals surface area contributed by atoms with Gasteiger partial charge in [0.05, 0.1) is 0 Å². The number of hydrogen-bond donors (Lipinski definition) is 1. The quantitative estimate of drug-likeness (QED) is 0.925. The van der Waals surface area contributed by atoms with E-state index in [-0.39, 0.29) is 0 Å². The van der Waals surface area contributed by atoms with Gasteiger partial charge in [0.2, 0.25) is 0 Å². The van der Waals surface area contributed by atoms with Gasteiger partial charge in [0.25, 0.3) is 0 Å². The minimum atomic E-state index is 0.338. The number of nitrogens with zero attached hydrogens (tertiary/aromatic N) is 1. The molecule has 0 spiro atoms. The number of hydrogen-bond acceptors (Lipinski definition) is 3. The molecule has 0 aromatic carbocycles. The highest BCUT2D eigenvalue weighted by Gasteiger charge is 2.19.